The molecule has 0 fully saturated rings. The number of imidazole rings is 1. The van der Waals surface area contributed by atoms with Crippen molar-refractivity contribution in [3.63, 3.8) is 0 Å². The van der Waals surface area contributed by atoms with Crippen LogP contribution < -0.4 is 4.90 Å². The van der Waals surface area contributed by atoms with Gasteiger partial charge in [-0.25, -0.2) is 4.98 Å². The van der Waals surface area contributed by atoms with Gasteiger partial charge in [0.2, 0.25) is 0 Å². The summed E-state index contributed by atoms with van der Waals surface area (Å²) in [6, 6.07) is 100. The summed E-state index contributed by atoms with van der Waals surface area (Å²) in [5, 5.41) is 5.05. The maximum atomic E-state index is 5.51. The number of nitrogens with zero attached hydrogens (tertiary/aromatic N) is 5. The van der Waals surface area contributed by atoms with Crippen LogP contribution in [0.1, 0.15) is 0 Å². The standard InChI is InChI=1S/C70H49N5/c1-72-69(53-34-30-49(31-35-53)51-38-44-59(45-39-51)75-66-26-14-10-22-62(66)63-23-11-15-27-67(63)75)68(71-70(72)54-40-46-57(47-41-54)73(55-16-4-2-5-17-55)56-18-6-3-7-19-56)52-32-28-48(29-33-52)50-36-42-58(43-37-50)74-64-24-12-8-20-60(64)61-21-9-13-25-65(61)74/h2-47H,1H3. The Morgan fingerprint density at radius 1 is 0.280 bits per heavy atom. The molecule has 0 unspecified atom stereocenters. The Morgan fingerprint density at radius 2 is 0.587 bits per heavy atom. The summed E-state index contributed by atoms with van der Waals surface area (Å²) in [6.45, 7) is 0. The van der Waals surface area contributed by atoms with Crippen LogP contribution in [-0.2, 0) is 7.05 Å². The first-order valence-electron chi connectivity index (χ1n) is 25.6. The van der Waals surface area contributed by atoms with Crippen LogP contribution >= 0.6 is 0 Å². The maximum Gasteiger partial charge on any atom is 0.140 e. The minimum absolute atomic E-state index is 0.895. The lowest BCUT2D eigenvalue weighted by atomic mass is 9.98. The Bertz CT molecular complexity index is 4210. The quantitative estimate of drug-likeness (QED) is 0.137. The summed E-state index contributed by atoms with van der Waals surface area (Å²) in [4.78, 5) is 7.80. The molecule has 75 heavy (non-hydrogen) atoms. The molecule has 0 saturated heterocycles. The fourth-order valence-corrected chi connectivity index (χ4v) is 11.3. The van der Waals surface area contributed by atoms with Gasteiger partial charge in [0, 0.05) is 73.7 Å². The van der Waals surface area contributed by atoms with E-state index in [4.69, 9.17) is 4.98 Å². The Labute approximate surface area is 435 Å². The van der Waals surface area contributed by atoms with Gasteiger partial charge < -0.3 is 18.6 Å². The number of para-hydroxylation sites is 6. The SMILES string of the molecule is Cn1c(-c2ccc(N(c3ccccc3)c3ccccc3)cc2)nc(-c2ccc(-c3ccc(-n4c5ccccc5c5ccccc54)cc3)cc2)c1-c1ccc(-c2ccc(-n3c4ccccc4c4ccccc43)cc2)cc1. The van der Waals surface area contributed by atoms with Crippen LogP contribution in [-0.4, -0.2) is 18.7 Å². The van der Waals surface area contributed by atoms with Gasteiger partial charge in [-0.3, -0.25) is 0 Å². The minimum atomic E-state index is 0.895. The van der Waals surface area contributed by atoms with Crippen molar-refractivity contribution in [2.24, 2.45) is 7.05 Å². The average Bonchev–Trinajstić information content (AvgIpc) is 4.14. The summed E-state index contributed by atoms with van der Waals surface area (Å²) in [5.74, 6) is 0.895. The van der Waals surface area contributed by atoms with Gasteiger partial charge in [0.05, 0.1) is 33.5 Å². The second-order valence-electron chi connectivity index (χ2n) is 19.2. The van der Waals surface area contributed by atoms with E-state index in [2.05, 4.69) is 305 Å². The minimum Gasteiger partial charge on any atom is -0.327 e. The van der Waals surface area contributed by atoms with E-state index in [0.29, 0.717) is 0 Å². The zero-order valence-corrected chi connectivity index (χ0v) is 41.3. The van der Waals surface area contributed by atoms with Gasteiger partial charge in [0.1, 0.15) is 5.82 Å². The molecule has 0 N–H and O–H groups in total. The Morgan fingerprint density at radius 3 is 0.987 bits per heavy atom. The molecule has 0 aliphatic heterocycles. The van der Waals surface area contributed by atoms with E-state index in [0.717, 1.165) is 84.6 Å². The van der Waals surface area contributed by atoms with Crippen molar-refractivity contribution >= 4 is 60.7 Å². The first-order valence-corrected chi connectivity index (χ1v) is 25.6. The second-order valence-corrected chi connectivity index (χ2v) is 19.2. The molecule has 0 spiro atoms. The number of aromatic nitrogens is 4. The van der Waals surface area contributed by atoms with Crippen LogP contribution in [0.5, 0.6) is 0 Å². The second kappa shape index (κ2) is 18.3. The van der Waals surface area contributed by atoms with Gasteiger partial charge in [0.25, 0.3) is 0 Å². The lowest BCUT2D eigenvalue weighted by Crippen LogP contribution is -2.09. The molecular formula is C70H49N5. The van der Waals surface area contributed by atoms with Crippen LogP contribution in [0, 0.1) is 0 Å². The molecule has 354 valence electrons. The van der Waals surface area contributed by atoms with E-state index >= 15 is 0 Å². The fraction of sp³-hybridized carbons (Fsp3) is 0.0143. The van der Waals surface area contributed by atoms with Crippen molar-refractivity contribution in [1.29, 1.82) is 0 Å². The van der Waals surface area contributed by atoms with Gasteiger partial charge in [-0.2, -0.15) is 0 Å². The summed E-state index contributed by atoms with van der Waals surface area (Å²) < 4.78 is 6.99. The number of fused-ring (bicyclic) bond motifs is 6. The number of hydrogen-bond donors (Lipinski definition) is 0. The van der Waals surface area contributed by atoms with Gasteiger partial charge in [-0.15, -0.1) is 0 Å². The normalized spacial score (nSPS) is 11.5. The van der Waals surface area contributed by atoms with Crippen LogP contribution in [0.3, 0.4) is 0 Å². The Balaban J connectivity index is 0.816. The number of benzene rings is 11. The molecule has 0 bridgehead atoms. The third kappa shape index (κ3) is 7.60. The summed E-state index contributed by atoms with van der Waals surface area (Å²) in [6.07, 6.45) is 0. The molecule has 0 aliphatic rings. The first kappa shape index (κ1) is 43.8. The Kier molecular flexibility index (Phi) is 10.7. The van der Waals surface area contributed by atoms with Crippen molar-refractivity contribution in [3.05, 3.63) is 279 Å². The molecular weight excluding hydrogens is 911 g/mol. The van der Waals surface area contributed by atoms with Crippen molar-refractivity contribution in [3.8, 4) is 67.5 Å². The van der Waals surface area contributed by atoms with Gasteiger partial charge >= 0.3 is 0 Å². The lowest BCUT2D eigenvalue weighted by Gasteiger charge is -2.25. The molecule has 11 aromatic carbocycles. The molecule has 0 saturated carbocycles. The molecule has 0 aliphatic carbocycles. The fourth-order valence-electron chi connectivity index (χ4n) is 11.3. The number of hydrogen-bond acceptors (Lipinski definition) is 2. The third-order valence-corrected chi connectivity index (χ3v) is 14.9. The highest BCUT2D eigenvalue weighted by molar-refractivity contribution is 6.10. The predicted molar refractivity (Wildman–Crippen MR) is 314 cm³/mol. The molecule has 5 nitrogen and oxygen atoms in total. The van der Waals surface area contributed by atoms with E-state index in [9.17, 15) is 0 Å². The monoisotopic (exact) mass is 959 g/mol. The van der Waals surface area contributed by atoms with E-state index in [-0.39, 0.29) is 0 Å². The third-order valence-electron chi connectivity index (χ3n) is 14.9. The van der Waals surface area contributed by atoms with E-state index in [1.807, 2.05) is 0 Å². The number of anilines is 3. The summed E-state index contributed by atoms with van der Waals surface area (Å²) >= 11 is 0. The van der Waals surface area contributed by atoms with Gasteiger partial charge in [-0.05, 0) is 119 Å². The van der Waals surface area contributed by atoms with Crippen LogP contribution in [0.4, 0.5) is 17.1 Å². The van der Waals surface area contributed by atoms with Crippen molar-refractivity contribution < 1.29 is 0 Å². The maximum absolute atomic E-state index is 5.51. The van der Waals surface area contributed by atoms with E-state index in [1.54, 1.807) is 0 Å². The molecule has 0 atom stereocenters. The molecule has 0 radical (unpaired) electrons. The predicted octanol–water partition coefficient (Wildman–Crippen LogP) is 18.4. The van der Waals surface area contributed by atoms with Crippen molar-refractivity contribution in [1.82, 2.24) is 18.7 Å². The van der Waals surface area contributed by atoms with E-state index < -0.39 is 0 Å². The molecule has 3 aromatic heterocycles. The van der Waals surface area contributed by atoms with Crippen LogP contribution in [0.25, 0.3) is 111 Å². The Hall–Kier alpha value is -9.97. The largest absolute Gasteiger partial charge is 0.327 e. The molecule has 14 aromatic rings. The zero-order valence-electron chi connectivity index (χ0n) is 41.3. The highest BCUT2D eigenvalue weighted by Gasteiger charge is 2.21. The summed E-state index contributed by atoms with van der Waals surface area (Å²) in [5.41, 5.74) is 20.2. The van der Waals surface area contributed by atoms with Crippen molar-refractivity contribution in [2.75, 3.05) is 4.90 Å². The molecule has 14 rings (SSSR count). The molecule has 5 heteroatoms. The highest BCUT2D eigenvalue weighted by atomic mass is 15.1. The van der Waals surface area contributed by atoms with Crippen LogP contribution in [0.15, 0.2) is 279 Å². The van der Waals surface area contributed by atoms with Gasteiger partial charge in [-0.1, -0.05) is 182 Å². The topological polar surface area (TPSA) is 30.9 Å². The number of rotatable bonds is 10. The first-order chi connectivity index (χ1) is 37.1. The smallest absolute Gasteiger partial charge is 0.140 e. The zero-order chi connectivity index (χ0) is 49.8. The van der Waals surface area contributed by atoms with E-state index in [1.165, 1.54) is 43.6 Å². The molecule has 0 amide bonds. The lowest BCUT2D eigenvalue weighted by molar-refractivity contribution is 0.933. The molecule has 3 heterocycles. The average molecular weight is 960 g/mol. The van der Waals surface area contributed by atoms with Crippen LogP contribution in [0.2, 0.25) is 0 Å². The summed E-state index contributed by atoms with van der Waals surface area (Å²) in [7, 11) is 2.14. The highest BCUT2D eigenvalue weighted by Crippen LogP contribution is 2.41. The van der Waals surface area contributed by atoms with Gasteiger partial charge in [0.15, 0.2) is 0 Å². The van der Waals surface area contributed by atoms with Crippen molar-refractivity contribution in [2.45, 2.75) is 0 Å².